The molecule has 0 bridgehead atoms. The molecule has 0 unspecified atom stereocenters. The summed E-state index contributed by atoms with van der Waals surface area (Å²) in [5, 5.41) is 0. The second-order valence-corrected chi connectivity index (χ2v) is 10.1. The lowest BCUT2D eigenvalue weighted by Crippen LogP contribution is -2.62. The Morgan fingerprint density at radius 3 is 2.03 bits per heavy atom. The monoisotopic (exact) mass is 526 g/mol. The molecular formula is C30H38O8. The molecule has 0 spiro atoms. The molecule has 38 heavy (non-hydrogen) atoms. The number of esters is 2. The van der Waals surface area contributed by atoms with E-state index in [-0.39, 0.29) is 13.2 Å². The predicted octanol–water partition coefficient (Wildman–Crippen LogP) is 4.61. The third kappa shape index (κ3) is 8.49. The highest BCUT2D eigenvalue weighted by molar-refractivity contribution is 5.82. The van der Waals surface area contributed by atoms with Crippen molar-refractivity contribution in [2.75, 3.05) is 13.7 Å². The lowest BCUT2D eigenvalue weighted by Gasteiger charge is -2.45. The molecule has 1 heterocycles. The molecule has 8 heteroatoms. The first kappa shape index (κ1) is 29.5. The maximum Gasteiger partial charge on any atom is 0.330 e. The summed E-state index contributed by atoms with van der Waals surface area (Å²) in [4.78, 5) is 25.5. The van der Waals surface area contributed by atoms with Crippen LogP contribution in [0.5, 0.6) is 0 Å². The van der Waals surface area contributed by atoms with Gasteiger partial charge in [-0.1, -0.05) is 66.7 Å². The van der Waals surface area contributed by atoms with Gasteiger partial charge >= 0.3 is 11.9 Å². The van der Waals surface area contributed by atoms with E-state index in [1.54, 1.807) is 33.8 Å². The molecule has 0 N–H and O–H groups in total. The number of rotatable bonds is 11. The van der Waals surface area contributed by atoms with E-state index >= 15 is 0 Å². The fourth-order valence-electron chi connectivity index (χ4n) is 3.91. The zero-order valence-electron chi connectivity index (χ0n) is 22.7. The van der Waals surface area contributed by atoms with Crippen LogP contribution >= 0.6 is 0 Å². The van der Waals surface area contributed by atoms with Crippen molar-refractivity contribution in [3.05, 3.63) is 83.9 Å². The fraction of sp³-hybridized carbons (Fsp3) is 0.467. The van der Waals surface area contributed by atoms with Crippen molar-refractivity contribution < 1.29 is 38.0 Å². The quantitative estimate of drug-likeness (QED) is 0.310. The van der Waals surface area contributed by atoms with Crippen LogP contribution in [0.4, 0.5) is 0 Å². The molecule has 0 saturated carbocycles. The third-order valence-electron chi connectivity index (χ3n) is 5.91. The second kappa shape index (κ2) is 14.2. The molecular weight excluding hydrogens is 488 g/mol. The molecule has 0 radical (unpaired) electrons. The van der Waals surface area contributed by atoms with Crippen LogP contribution < -0.4 is 0 Å². The Labute approximate surface area is 224 Å². The number of benzene rings is 2. The average molecular weight is 527 g/mol. The topological polar surface area (TPSA) is 89.5 Å². The molecule has 0 aliphatic carbocycles. The molecule has 206 valence electrons. The van der Waals surface area contributed by atoms with Gasteiger partial charge in [0.15, 0.2) is 18.5 Å². The fourth-order valence-corrected chi connectivity index (χ4v) is 3.91. The Kier molecular flexibility index (Phi) is 11.0. The molecule has 1 fully saturated rings. The number of methoxy groups -OCH3 is 1. The zero-order valence-corrected chi connectivity index (χ0v) is 22.7. The largest absolute Gasteiger partial charge is 0.452 e. The third-order valence-corrected chi connectivity index (χ3v) is 5.91. The van der Waals surface area contributed by atoms with E-state index in [0.29, 0.717) is 6.61 Å². The van der Waals surface area contributed by atoms with Crippen LogP contribution in [0.2, 0.25) is 0 Å². The maximum atomic E-state index is 12.9. The SMILES string of the molecule is C/C=C/C(=O)O[C@@H]1[C@H](OC(=O)C(C)(C)C)[C@@H](OC)O[C@H](COCc2ccccc2)[C@H]1OCc1ccccc1. The van der Waals surface area contributed by atoms with E-state index in [2.05, 4.69) is 0 Å². The Bertz CT molecular complexity index is 1030. The van der Waals surface area contributed by atoms with Gasteiger partial charge in [-0.3, -0.25) is 4.79 Å². The van der Waals surface area contributed by atoms with Gasteiger partial charge < -0.3 is 28.4 Å². The lowest BCUT2D eigenvalue weighted by molar-refractivity contribution is -0.310. The summed E-state index contributed by atoms with van der Waals surface area (Å²) < 4.78 is 35.8. The smallest absolute Gasteiger partial charge is 0.330 e. The van der Waals surface area contributed by atoms with Crippen LogP contribution in [-0.4, -0.2) is 56.4 Å². The molecule has 0 amide bonds. The minimum atomic E-state index is -1.06. The van der Waals surface area contributed by atoms with Gasteiger partial charge in [-0.05, 0) is 38.8 Å². The molecule has 1 aliphatic rings. The van der Waals surface area contributed by atoms with Crippen LogP contribution in [0.3, 0.4) is 0 Å². The highest BCUT2D eigenvalue weighted by Crippen LogP contribution is 2.32. The molecule has 3 rings (SSSR count). The van der Waals surface area contributed by atoms with E-state index < -0.39 is 48.1 Å². The summed E-state index contributed by atoms with van der Waals surface area (Å²) in [6.45, 7) is 7.64. The molecule has 1 saturated heterocycles. The van der Waals surface area contributed by atoms with Gasteiger partial charge in [-0.15, -0.1) is 0 Å². The number of carbonyl (C=O) groups is 2. The van der Waals surface area contributed by atoms with Crippen LogP contribution in [-0.2, 0) is 51.2 Å². The lowest BCUT2D eigenvalue weighted by atomic mass is 9.95. The minimum Gasteiger partial charge on any atom is -0.452 e. The Morgan fingerprint density at radius 1 is 0.868 bits per heavy atom. The van der Waals surface area contributed by atoms with Crippen molar-refractivity contribution in [1.29, 1.82) is 0 Å². The van der Waals surface area contributed by atoms with Crippen LogP contribution in [0.1, 0.15) is 38.8 Å². The van der Waals surface area contributed by atoms with Crippen molar-refractivity contribution in [3.63, 3.8) is 0 Å². The first-order chi connectivity index (χ1) is 18.2. The van der Waals surface area contributed by atoms with Gasteiger partial charge in [0.2, 0.25) is 0 Å². The number of allylic oxidation sites excluding steroid dienone is 1. The summed E-state index contributed by atoms with van der Waals surface area (Å²) in [6.07, 6.45) is -1.71. The van der Waals surface area contributed by atoms with E-state index in [4.69, 9.17) is 28.4 Å². The Balaban J connectivity index is 1.90. The van der Waals surface area contributed by atoms with Crippen molar-refractivity contribution in [1.82, 2.24) is 0 Å². The van der Waals surface area contributed by atoms with E-state index in [1.807, 2.05) is 60.7 Å². The second-order valence-electron chi connectivity index (χ2n) is 10.1. The highest BCUT2D eigenvalue weighted by atomic mass is 16.7. The van der Waals surface area contributed by atoms with Crippen molar-refractivity contribution >= 4 is 11.9 Å². The number of ether oxygens (including phenoxy) is 6. The van der Waals surface area contributed by atoms with Gasteiger partial charge in [0.1, 0.15) is 12.2 Å². The number of hydrogen-bond donors (Lipinski definition) is 0. The number of hydrogen-bond acceptors (Lipinski definition) is 8. The molecule has 1 aliphatic heterocycles. The predicted molar refractivity (Wildman–Crippen MR) is 141 cm³/mol. The van der Waals surface area contributed by atoms with Gasteiger partial charge in [-0.2, -0.15) is 0 Å². The highest BCUT2D eigenvalue weighted by Gasteiger charge is 2.52. The average Bonchev–Trinajstić information content (AvgIpc) is 2.90. The van der Waals surface area contributed by atoms with Crippen molar-refractivity contribution in [2.45, 2.75) is 71.6 Å². The zero-order chi connectivity index (χ0) is 27.5. The number of carbonyl (C=O) groups excluding carboxylic acids is 2. The van der Waals surface area contributed by atoms with Crippen molar-refractivity contribution in [3.8, 4) is 0 Å². The van der Waals surface area contributed by atoms with E-state index in [0.717, 1.165) is 11.1 Å². The Hall–Kier alpha value is -3.04. The van der Waals surface area contributed by atoms with Crippen LogP contribution in [0, 0.1) is 5.41 Å². The van der Waals surface area contributed by atoms with E-state index in [1.165, 1.54) is 13.2 Å². The van der Waals surface area contributed by atoms with Gasteiger partial charge in [0.05, 0.1) is 25.2 Å². The molecule has 5 atom stereocenters. The summed E-state index contributed by atoms with van der Waals surface area (Å²) >= 11 is 0. The van der Waals surface area contributed by atoms with Gasteiger partial charge in [0, 0.05) is 13.2 Å². The standard InChI is InChI=1S/C30H38O8/c1-6-13-24(31)37-26-25(35-19-22-16-11-8-12-17-22)23(20-34-18-21-14-9-7-10-15-21)36-28(33-5)27(26)38-29(32)30(2,3)4/h6-17,23,25-28H,18-20H2,1-5H3/b13-6+/t23-,25-,26+,27+,28+/m1/s1. The van der Waals surface area contributed by atoms with Crippen molar-refractivity contribution in [2.24, 2.45) is 5.41 Å². The van der Waals surface area contributed by atoms with Gasteiger partial charge in [-0.25, -0.2) is 4.79 Å². The normalized spacial score (nSPS) is 23.8. The molecule has 2 aromatic rings. The maximum absolute atomic E-state index is 12.9. The minimum absolute atomic E-state index is 0.131. The first-order valence-corrected chi connectivity index (χ1v) is 12.7. The molecule has 8 nitrogen and oxygen atoms in total. The molecule has 0 aromatic heterocycles. The summed E-state index contributed by atoms with van der Waals surface area (Å²) in [6, 6.07) is 19.3. The summed E-state index contributed by atoms with van der Waals surface area (Å²) in [5.41, 5.74) is 1.13. The Morgan fingerprint density at radius 2 is 1.47 bits per heavy atom. The van der Waals surface area contributed by atoms with E-state index in [9.17, 15) is 9.59 Å². The first-order valence-electron chi connectivity index (χ1n) is 12.7. The van der Waals surface area contributed by atoms with Crippen LogP contribution in [0.25, 0.3) is 0 Å². The summed E-state index contributed by atoms with van der Waals surface area (Å²) in [7, 11) is 1.44. The van der Waals surface area contributed by atoms with Gasteiger partial charge in [0.25, 0.3) is 0 Å². The summed E-state index contributed by atoms with van der Waals surface area (Å²) in [5.74, 6) is -1.08. The molecule has 2 aromatic carbocycles. The van der Waals surface area contributed by atoms with Crippen LogP contribution in [0.15, 0.2) is 72.8 Å².